The number of hydrogen-bond donors (Lipinski definition) is 1. The van der Waals surface area contributed by atoms with E-state index in [-0.39, 0.29) is 5.91 Å². The molecule has 128 valence electrons. The van der Waals surface area contributed by atoms with E-state index in [1.807, 2.05) is 23.1 Å². The number of hydrogen-bond acceptors (Lipinski definition) is 4. The van der Waals surface area contributed by atoms with Gasteiger partial charge in [-0.2, -0.15) is 0 Å². The molecule has 0 atom stereocenters. The van der Waals surface area contributed by atoms with Crippen LogP contribution in [0, 0.1) is 0 Å². The third-order valence-electron chi connectivity index (χ3n) is 4.26. The SMILES string of the molecule is COc1ccc(CCNCCC(=O)N2CCCCC2)cc1OC. The lowest BCUT2D eigenvalue weighted by atomic mass is 10.1. The maximum Gasteiger partial charge on any atom is 0.223 e. The lowest BCUT2D eigenvalue weighted by Gasteiger charge is -2.26. The highest BCUT2D eigenvalue weighted by molar-refractivity contribution is 5.76. The van der Waals surface area contributed by atoms with Crippen molar-refractivity contribution >= 4 is 5.91 Å². The van der Waals surface area contributed by atoms with E-state index in [9.17, 15) is 4.79 Å². The number of likely N-dealkylation sites (tertiary alicyclic amines) is 1. The molecular weight excluding hydrogens is 292 g/mol. The first kappa shape index (κ1) is 17.6. The second-order valence-corrected chi connectivity index (χ2v) is 5.88. The monoisotopic (exact) mass is 320 g/mol. The highest BCUT2D eigenvalue weighted by Crippen LogP contribution is 2.27. The van der Waals surface area contributed by atoms with Gasteiger partial charge in [0.15, 0.2) is 11.5 Å². The molecule has 1 aromatic carbocycles. The zero-order valence-electron chi connectivity index (χ0n) is 14.3. The third kappa shape index (κ3) is 5.43. The highest BCUT2D eigenvalue weighted by atomic mass is 16.5. The number of carbonyl (C=O) groups excluding carboxylic acids is 1. The first-order chi connectivity index (χ1) is 11.2. The van der Waals surface area contributed by atoms with Crippen molar-refractivity contribution in [2.45, 2.75) is 32.1 Å². The van der Waals surface area contributed by atoms with Crippen molar-refractivity contribution in [3.63, 3.8) is 0 Å². The van der Waals surface area contributed by atoms with E-state index in [1.54, 1.807) is 14.2 Å². The summed E-state index contributed by atoms with van der Waals surface area (Å²) in [5.41, 5.74) is 1.19. The number of carbonyl (C=O) groups is 1. The molecule has 0 unspecified atom stereocenters. The van der Waals surface area contributed by atoms with Crippen LogP contribution in [0.3, 0.4) is 0 Å². The second-order valence-electron chi connectivity index (χ2n) is 5.88. The Kier molecular flexibility index (Phi) is 7.20. The van der Waals surface area contributed by atoms with Crippen molar-refractivity contribution in [3.8, 4) is 11.5 Å². The summed E-state index contributed by atoms with van der Waals surface area (Å²) < 4.78 is 10.5. The molecule has 0 aliphatic carbocycles. The Balaban J connectivity index is 1.66. The molecule has 5 heteroatoms. The van der Waals surface area contributed by atoms with Crippen LogP contribution in [0.4, 0.5) is 0 Å². The van der Waals surface area contributed by atoms with Gasteiger partial charge in [-0.05, 0) is 49.9 Å². The number of amides is 1. The van der Waals surface area contributed by atoms with Crippen LogP contribution in [-0.4, -0.2) is 51.2 Å². The second kappa shape index (κ2) is 9.40. The Morgan fingerprint density at radius 3 is 2.52 bits per heavy atom. The molecule has 2 rings (SSSR count). The van der Waals surface area contributed by atoms with E-state index in [2.05, 4.69) is 5.32 Å². The highest BCUT2D eigenvalue weighted by Gasteiger charge is 2.15. The molecule has 1 fully saturated rings. The van der Waals surface area contributed by atoms with Crippen LogP contribution in [0.15, 0.2) is 18.2 Å². The van der Waals surface area contributed by atoms with E-state index < -0.39 is 0 Å². The van der Waals surface area contributed by atoms with Crippen LogP contribution in [0.25, 0.3) is 0 Å². The Morgan fingerprint density at radius 1 is 1.09 bits per heavy atom. The van der Waals surface area contributed by atoms with Gasteiger partial charge in [-0.1, -0.05) is 6.07 Å². The molecule has 1 N–H and O–H groups in total. The van der Waals surface area contributed by atoms with Crippen LogP contribution in [0.1, 0.15) is 31.2 Å². The Hall–Kier alpha value is -1.75. The first-order valence-corrected chi connectivity index (χ1v) is 8.44. The maximum atomic E-state index is 12.0. The average molecular weight is 320 g/mol. The molecule has 1 heterocycles. The third-order valence-corrected chi connectivity index (χ3v) is 4.26. The van der Waals surface area contributed by atoms with Crippen molar-refractivity contribution in [2.24, 2.45) is 0 Å². The van der Waals surface area contributed by atoms with Crippen molar-refractivity contribution in [3.05, 3.63) is 23.8 Å². The first-order valence-electron chi connectivity index (χ1n) is 8.44. The van der Waals surface area contributed by atoms with Gasteiger partial charge in [0.25, 0.3) is 0 Å². The van der Waals surface area contributed by atoms with Crippen LogP contribution in [-0.2, 0) is 11.2 Å². The van der Waals surface area contributed by atoms with Crippen LogP contribution >= 0.6 is 0 Å². The van der Waals surface area contributed by atoms with Gasteiger partial charge in [-0.3, -0.25) is 4.79 Å². The summed E-state index contributed by atoms with van der Waals surface area (Å²) in [4.78, 5) is 14.0. The molecule has 0 bridgehead atoms. The Morgan fingerprint density at radius 2 is 1.83 bits per heavy atom. The van der Waals surface area contributed by atoms with Gasteiger partial charge in [-0.25, -0.2) is 0 Å². The summed E-state index contributed by atoms with van der Waals surface area (Å²) in [7, 11) is 3.28. The molecule has 1 saturated heterocycles. The van der Waals surface area contributed by atoms with Gasteiger partial charge in [0.05, 0.1) is 14.2 Å². The predicted molar refractivity (Wildman–Crippen MR) is 91.2 cm³/mol. The van der Waals surface area contributed by atoms with Crippen molar-refractivity contribution in [1.82, 2.24) is 10.2 Å². The predicted octanol–water partition coefficient (Wildman–Crippen LogP) is 2.24. The molecule has 1 aromatic rings. The normalized spacial score (nSPS) is 14.6. The van der Waals surface area contributed by atoms with Crippen molar-refractivity contribution in [1.29, 1.82) is 0 Å². The van der Waals surface area contributed by atoms with E-state index in [0.29, 0.717) is 6.42 Å². The number of benzene rings is 1. The number of rotatable bonds is 8. The molecule has 1 aliphatic rings. The largest absolute Gasteiger partial charge is 0.493 e. The molecule has 0 radical (unpaired) electrons. The van der Waals surface area contributed by atoms with Gasteiger partial charge < -0.3 is 19.7 Å². The fraction of sp³-hybridized carbons (Fsp3) is 0.611. The average Bonchev–Trinajstić information content (AvgIpc) is 2.61. The summed E-state index contributed by atoms with van der Waals surface area (Å²) in [6.07, 6.45) is 5.05. The van der Waals surface area contributed by atoms with E-state index in [1.165, 1.54) is 12.0 Å². The minimum absolute atomic E-state index is 0.281. The number of ether oxygens (including phenoxy) is 2. The molecular formula is C18H28N2O3. The zero-order valence-corrected chi connectivity index (χ0v) is 14.3. The van der Waals surface area contributed by atoms with Gasteiger partial charge in [0.1, 0.15) is 0 Å². The van der Waals surface area contributed by atoms with E-state index in [4.69, 9.17) is 9.47 Å². The quantitative estimate of drug-likeness (QED) is 0.746. The molecule has 1 aliphatic heterocycles. The van der Waals surface area contributed by atoms with Crippen LogP contribution in [0.2, 0.25) is 0 Å². The smallest absolute Gasteiger partial charge is 0.223 e. The van der Waals surface area contributed by atoms with Crippen LogP contribution in [0.5, 0.6) is 11.5 Å². The summed E-state index contributed by atoms with van der Waals surface area (Å²) in [6, 6.07) is 5.97. The van der Waals surface area contributed by atoms with Gasteiger partial charge in [-0.15, -0.1) is 0 Å². The molecule has 5 nitrogen and oxygen atoms in total. The maximum absolute atomic E-state index is 12.0. The molecule has 0 aromatic heterocycles. The van der Waals surface area contributed by atoms with Crippen molar-refractivity contribution in [2.75, 3.05) is 40.4 Å². The number of piperidine rings is 1. The molecule has 0 saturated carbocycles. The van der Waals surface area contributed by atoms with Gasteiger partial charge in [0, 0.05) is 26.1 Å². The summed E-state index contributed by atoms with van der Waals surface area (Å²) in [5, 5.41) is 3.35. The van der Waals surface area contributed by atoms with Crippen molar-refractivity contribution < 1.29 is 14.3 Å². The summed E-state index contributed by atoms with van der Waals surface area (Å²) in [6.45, 7) is 3.46. The van der Waals surface area contributed by atoms with E-state index >= 15 is 0 Å². The summed E-state index contributed by atoms with van der Waals surface area (Å²) >= 11 is 0. The topological polar surface area (TPSA) is 50.8 Å². The fourth-order valence-electron chi connectivity index (χ4n) is 2.89. The standard InChI is InChI=1S/C18H28N2O3/c1-22-16-7-6-15(14-17(16)23-2)8-10-19-11-9-18(21)20-12-4-3-5-13-20/h6-7,14,19H,3-5,8-13H2,1-2H3. The van der Waals surface area contributed by atoms with Crippen LogP contribution < -0.4 is 14.8 Å². The van der Waals surface area contributed by atoms with Gasteiger partial charge >= 0.3 is 0 Å². The fourth-order valence-corrected chi connectivity index (χ4v) is 2.89. The molecule has 0 spiro atoms. The number of methoxy groups -OCH3 is 2. The van der Waals surface area contributed by atoms with E-state index in [0.717, 1.165) is 56.9 Å². The zero-order chi connectivity index (χ0) is 16.5. The number of nitrogens with one attached hydrogen (secondary N) is 1. The minimum Gasteiger partial charge on any atom is -0.493 e. The number of nitrogens with zero attached hydrogens (tertiary/aromatic N) is 1. The molecule has 23 heavy (non-hydrogen) atoms. The minimum atomic E-state index is 0.281. The summed E-state index contributed by atoms with van der Waals surface area (Å²) in [5.74, 6) is 1.78. The van der Waals surface area contributed by atoms with Gasteiger partial charge in [0.2, 0.25) is 5.91 Å². The lowest BCUT2D eigenvalue weighted by molar-refractivity contribution is -0.131. The Bertz CT molecular complexity index is 499. The molecule has 1 amide bonds. The lowest BCUT2D eigenvalue weighted by Crippen LogP contribution is -2.37. The Labute approximate surface area is 139 Å².